The van der Waals surface area contributed by atoms with E-state index in [4.69, 9.17) is 4.42 Å². The van der Waals surface area contributed by atoms with Crippen molar-refractivity contribution < 1.29 is 22.4 Å². The molecule has 1 saturated carbocycles. The lowest BCUT2D eigenvalue weighted by Gasteiger charge is -2.13. The third-order valence-electron chi connectivity index (χ3n) is 4.91. The number of carbonyl (C=O) groups excluding carboxylic acids is 1. The molecule has 0 radical (unpaired) electrons. The number of anilines is 1. The Balaban J connectivity index is 1.61. The molecule has 8 nitrogen and oxygen atoms in total. The summed E-state index contributed by atoms with van der Waals surface area (Å²) in [5.41, 5.74) is -0.513. The van der Waals surface area contributed by atoms with Gasteiger partial charge in [0.1, 0.15) is 29.4 Å². The number of halogens is 3. The molecule has 0 saturated heterocycles. The van der Waals surface area contributed by atoms with Gasteiger partial charge in [-0.1, -0.05) is 0 Å². The molecule has 3 aromatic rings. The van der Waals surface area contributed by atoms with Gasteiger partial charge in [-0.2, -0.15) is 13.2 Å². The molecule has 0 unspecified atom stereocenters. The van der Waals surface area contributed by atoms with Crippen molar-refractivity contribution in [3.63, 3.8) is 0 Å². The maximum absolute atomic E-state index is 13.0. The summed E-state index contributed by atoms with van der Waals surface area (Å²) in [6, 6.07) is 0.854. The Kier molecular flexibility index (Phi) is 4.63. The Morgan fingerprint density at radius 2 is 1.97 bits per heavy atom. The van der Waals surface area contributed by atoms with E-state index in [-0.39, 0.29) is 34.9 Å². The van der Waals surface area contributed by atoms with Crippen LogP contribution in [0, 0.1) is 13.8 Å². The highest BCUT2D eigenvalue weighted by Crippen LogP contribution is 2.40. The topological polar surface area (TPSA) is 106 Å². The smallest absolute Gasteiger partial charge is 0.433 e. The molecule has 3 aromatic heterocycles. The zero-order chi connectivity index (χ0) is 21.7. The normalized spacial score (nSPS) is 15.3. The van der Waals surface area contributed by atoms with Gasteiger partial charge in [0.05, 0.1) is 17.5 Å². The van der Waals surface area contributed by atoms with E-state index in [9.17, 15) is 18.0 Å². The first-order valence-corrected chi connectivity index (χ1v) is 9.28. The predicted octanol–water partition coefficient (Wildman–Crippen LogP) is 3.54. The lowest BCUT2D eigenvalue weighted by atomic mass is 10.1. The van der Waals surface area contributed by atoms with Gasteiger partial charge in [0.15, 0.2) is 0 Å². The summed E-state index contributed by atoms with van der Waals surface area (Å²) in [5, 5.41) is 6.31. The van der Waals surface area contributed by atoms with Gasteiger partial charge >= 0.3 is 6.18 Å². The number of nitrogens with one attached hydrogen (secondary N) is 2. The lowest BCUT2D eigenvalue weighted by molar-refractivity contribution is -0.141. The molecule has 1 amide bonds. The summed E-state index contributed by atoms with van der Waals surface area (Å²) >= 11 is 0. The highest BCUT2D eigenvalue weighted by molar-refractivity contribution is 6.10. The molecule has 3 heterocycles. The van der Waals surface area contributed by atoms with E-state index in [2.05, 4.69) is 30.6 Å². The highest BCUT2D eigenvalue weighted by atomic mass is 19.4. The van der Waals surface area contributed by atoms with Crippen LogP contribution in [0.15, 0.2) is 16.8 Å². The van der Waals surface area contributed by atoms with Gasteiger partial charge in [-0.25, -0.2) is 19.9 Å². The number of aryl methyl sites for hydroxylation is 2. The highest BCUT2D eigenvalue weighted by Gasteiger charge is 2.38. The number of aromatic nitrogens is 4. The van der Waals surface area contributed by atoms with Crippen molar-refractivity contribution in [1.29, 1.82) is 0 Å². The molecule has 30 heavy (non-hydrogen) atoms. The summed E-state index contributed by atoms with van der Waals surface area (Å²) in [5.74, 6) is 0.131. The van der Waals surface area contributed by atoms with Crippen molar-refractivity contribution in [1.82, 2.24) is 25.3 Å². The minimum Gasteiger partial charge on any atom is -0.442 e. The quantitative estimate of drug-likeness (QED) is 0.650. The molecule has 158 valence electrons. The maximum Gasteiger partial charge on any atom is 0.433 e. The first kappa shape index (κ1) is 20.0. The summed E-state index contributed by atoms with van der Waals surface area (Å²) in [4.78, 5) is 28.7. The summed E-state index contributed by atoms with van der Waals surface area (Å²) < 4.78 is 44.5. The average Bonchev–Trinajstić information content (AvgIpc) is 3.27. The molecule has 1 aliphatic carbocycles. The van der Waals surface area contributed by atoms with Crippen LogP contribution in [0.1, 0.15) is 53.1 Å². The molecule has 0 aromatic carbocycles. The zero-order valence-electron chi connectivity index (χ0n) is 16.5. The van der Waals surface area contributed by atoms with Gasteiger partial charge in [0, 0.05) is 11.2 Å². The molecule has 0 spiro atoms. The van der Waals surface area contributed by atoms with E-state index in [1.165, 1.54) is 13.3 Å². The number of fused-ring (bicyclic) bond motifs is 1. The van der Waals surface area contributed by atoms with Crippen LogP contribution in [0.2, 0.25) is 0 Å². The second-order valence-corrected chi connectivity index (χ2v) is 7.61. The van der Waals surface area contributed by atoms with Crippen LogP contribution in [0.3, 0.4) is 0 Å². The molecule has 4 rings (SSSR count). The van der Waals surface area contributed by atoms with Crippen molar-refractivity contribution in [3.8, 4) is 0 Å². The molecular formula is C19H19F3N6O2. The molecule has 2 N–H and O–H groups in total. The van der Waals surface area contributed by atoms with Gasteiger partial charge in [-0.15, -0.1) is 0 Å². The number of hydrogen-bond acceptors (Lipinski definition) is 7. The van der Waals surface area contributed by atoms with Crippen LogP contribution in [-0.4, -0.2) is 31.4 Å². The summed E-state index contributed by atoms with van der Waals surface area (Å²) in [6.45, 7) is 4.82. The SMILES string of the molecule is Cc1cc(C(F)(F)F)nc(CNC(=O)c2c(C)oc3ncnc(NC4(C)CC4)c23)n1. The van der Waals surface area contributed by atoms with Crippen LogP contribution in [-0.2, 0) is 12.7 Å². The van der Waals surface area contributed by atoms with Crippen LogP contribution in [0.25, 0.3) is 11.1 Å². The maximum atomic E-state index is 13.0. The van der Waals surface area contributed by atoms with Crippen LogP contribution in [0.5, 0.6) is 0 Å². The van der Waals surface area contributed by atoms with Crippen LogP contribution < -0.4 is 10.6 Å². The number of amides is 1. The van der Waals surface area contributed by atoms with Crippen LogP contribution in [0.4, 0.5) is 19.0 Å². The van der Waals surface area contributed by atoms with E-state index in [1.807, 2.05) is 6.92 Å². The van der Waals surface area contributed by atoms with Gasteiger partial charge in [0.25, 0.3) is 5.91 Å². The third-order valence-corrected chi connectivity index (χ3v) is 4.91. The Bertz CT molecular complexity index is 1140. The van der Waals surface area contributed by atoms with Gasteiger partial charge in [0.2, 0.25) is 5.71 Å². The first-order chi connectivity index (χ1) is 14.1. The van der Waals surface area contributed by atoms with E-state index >= 15 is 0 Å². The minimum atomic E-state index is -4.60. The Hall–Kier alpha value is -3.24. The van der Waals surface area contributed by atoms with E-state index in [1.54, 1.807) is 6.92 Å². The Labute approximate surface area is 169 Å². The second kappa shape index (κ2) is 6.92. The van der Waals surface area contributed by atoms with Crippen molar-refractivity contribution in [2.75, 3.05) is 5.32 Å². The Morgan fingerprint density at radius 3 is 2.63 bits per heavy atom. The van der Waals surface area contributed by atoms with Crippen molar-refractivity contribution in [2.24, 2.45) is 0 Å². The van der Waals surface area contributed by atoms with Crippen molar-refractivity contribution >= 4 is 22.8 Å². The van der Waals surface area contributed by atoms with Crippen molar-refractivity contribution in [2.45, 2.75) is 51.9 Å². The summed E-state index contributed by atoms with van der Waals surface area (Å²) in [7, 11) is 0. The van der Waals surface area contributed by atoms with E-state index in [0.29, 0.717) is 17.0 Å². The monoisotopic (exact) mass is 420 g/mol. The third kappa shape index (κ3) is 3.91. The van der Waals surface area contributed by atoms with Gasteiger partial charge in [-0.3, -0.25) is 4.79 Å². The summed E-state index contributed by atoms with van der Waals surface area (Å²) in [6.07, 6.45) is -1.30. The largest absolute Gasteiger partial charge is 0.442 e. The number of hydrogen-bond donors (Lipinski definition) is 2. The number of alkyl halides is 3. The fraction of sp³-hybridized carbons (Fsp3) is 0.421. The average molecular weight is 420 g/mol. The number of rotatable bonds is 5. The number of nitrogens with zero attached hydrogens (tertiary/aromatic N) is 4. The van der Waals surface area contributed by atoms with Gasteiger partial charge < -0.3 is 15.1 Å². The van der Waals surface area contributed by atoms with E-state index in [0.717, 1.165) is 18.9 Å². The lowest BCUT2D eigenvalue weighted by Crippen LogP contribution is -2.26. The molecular weight excluding hydrogens is 401 g/mol. The molecule has 1 aliphatic rings. The van der Waals surface area contributed by atoms with Crippen LogP contribution >= 0.6 is 0 Å². The number of carbonyl (C=O) groups is 1. The standard InChI is InChI=1S/C19H19F3N6O2/c1-9-6-11(19(20,21)22)27-12(26-9)7-23-16(29)13-10(2)30-17-14(13)15(24-8-25-17)28-18(3)4-5-18/h6,8H,4-5,7H2,1-3H3,(H,23,29)(H,24,25,28). The zero-order valence-corrected chi connectivity index (χ0v) is 16.5. The molecule has 0 atom stereocenters. The minimum absolute atomic E-state index is 0.0936. The molecule has 11 heteroatoms. The molecule has 1 fully saturated rings. The Morgan fingerprint density at radius 1 is 1.23 bits per heavy atom. The van der Waals surface area contributed by atoms with E-state index < -0.39 is 17.8 Å². The first-order valence-electron chi connectivity index (χ1n) is 9.28. The second-order valence-electron chi connectivity index (χ2n) is 7.61. The fourth-order valence-corrected chi connectivity index (χ4v) is 3.11. The predicted molar refractivity (Wildman–Crippen MR) is 101 cm³/mol. The van der Waals surface area contributed by atoms with Gasteiger partial charge in [-0.05, 0) is 39.7 Å². The van der Waals surface area contributed by atoms with Crippen molar-refractivity contribution in [3.05, 3.63) is 40.9 Å². The molecule has 0 aliphatic heterocycles. The number of furan rings is 1. The fourth-order valence-electron chi connectivity index (χ4n) is 3.11. The molecule has 0 bridgehead atoms.